The van der Waals surface area contributed by atoms with Gasteiger partial charge in [-0.25, -0.2) is 0 Å². The topological polar surface area (TPSA) is 41.1 Å². The van der Waals surface area contributed by atoms with Crippen LogP contribution in [0.2, 0.25) is 0 Å². The minimum atomic E-state index is 0.0379. The predicted molar refractivity (Wildman–Crippen MR) is 45.4 cm³/mol. The van der Waals surface area contributed by atoms with Gasteiger partial charge in [0.15, 0.2) is 0 Å². The van der Waals surface area contributed by atoms with E-state index < -0.39 is 0 Å². The molecule has 0 aliphatic rings. The molecule has 60 valence electrons. The summed E-state index contributed by atoms with van der Waals surface area (Å²) in [6.45, 7) is 3.85. The zero-order chi connectivity index (χ0) is 7.82. The van der Waals surface area contributed by atoms with Gasteiger partial charge in [0.05, 0.1) is 6.54 Å². The highest BCUT2D eigenvalue weighted by Crippen LogP contribution is 1.69. The number of thiol groups is 1. The third kappa shape index (κ3) is 5.91. The molecule has 0 aromatic heterocycles. The Kier molecular flexibility index (Phi) is 6.74. The van der Waals surface area contributed by atoms with Crippen LogP contribution in [0.4, 0.5) is 0 Å². The van der Waals surface area contributed by atoms with Gasteiger partial charge in [-0.15, -0.1) is 0 Å². The van der Waals surface area contributed by atoms with E-state index in [0.717, 1.165) is 6.54 Å². The van der Waals surface area contributed by atoms with Crippen molar-refractivity contribution in [3.8, 4) is 0 Å². The normalized spacial score (nSPS) is 9.40. The second-order valence-electron chi connectivity index (χ2n) is 1.85. The highest BCUT2D eigenvalue weighted by Gasteiger charge is 1.95. The molecule has 4 heteroatoms. The molecule has 0 unspecified atom stereocenters. The fraction of sp³-hybridized carbons (Fsp3) is 0.833. The van der Waals surface area contributed by atoms with E-state index in [0.29, 0.717) is 18.8 Å². The largest absolute Gasteiger partial charge is 0.354 e. The van der Waals surface area contributed by atoms with Crippen LogP contribution in [0.3, 0.4) is 0 Å². The van der Waals surface area contributed by atoms with Crippen molar-refractivity contribution < 1.29 is 4.79 Å². The molecular formula is C6H14N2OS. The van der Waals surface area contributed by atoms with Gasteiger partial charge in [0.1, 0.15) is 0 Å². The third-order valence-electron chi connectivity index (χ3n) is 0.970. The van der Waals surface area contributed by atoms with E-state index in [1.807, 2.05) is 6.92 Å². The van der Waals surface area contributed by atoms with Crippen molar-refractivity contribution >= 4 is 18.5 Å². The van der Waals surface area contributed by atoms with E-state index in [9.17, 15) is 4.79 Å². The average molecular weight is 162 g/mol. The molecule has 0 heterocycles. The van der Waals surface area contributed by atoms with Gasteiger partial charge in [-0.05, 0) is 6.54 Å². The van der Waals surface area contributed by atoms with Crippen molar-refractivity contribution in [2.75, 3.05) is 25.4 Å². The van der Waals surface area contributed by atoms with Gasteiger partial charge in [0.2, 0.25) is 5.91 Å². The number of hydrogen-bond acceptors (Lipinski definition) is 3. The Morgan fingerprint density at radius 3 is 2.80 bits per heavy atom. The first-order valence-electron chi connectivity index (χ1n) is 3.39. The molecule has 0 radical (unpaired) electrons. The number of hydrogen-bond donors (Lipinski definition) is 3. The highest BCUT2D eigenvalue weighted by atomic mass is 32.1. The zero-order valence-electron chi connectivity index (χ0n) is 6.18. The number of amides is 1. The Hall–Kier alpha value is -0.220. The summed E-state index contributed by atoms with van der Waals surface area (Å²) in [6, 6.07) is 0. The first-order chi connectivity index (χ1) is 4.81. The van der Waals surface area contributed by atoms with E-state index in [-0.39, 0.29) is 5.91 Å². The molecule has 0 bridgehead atoms. The van der Waals surface area contributed by atoms with Crippen LogP contribution in [0.1, 0.15) is 6.92 Å². The molecule has 0 fully saturated rings. The summed E-state index contributed by atoms with van der Waals surface area (Å²) in [7, 11) is 0. The van der Waals surface area contributed by atoms with Crippen molar-refractivity contribution in [2.24, 2.45) is 0 Å². The van der Waals surface area contributed by atoms with E-state index in [1.165, 1.54) is 0 Å². The maximum absolute atomic E-state index is 10.8. The first-order valence-corrected chi connectivity index (χ1v) is 4.02. The smallest absolute Gasteiger partial charge is 0.233 e. The van der Waals surface area contributed by atoms with Crippen molar-refractivity contribution in [3.05, 3.63) is 0 Å². The monoisotopic (exact) mass is 162 g/mol. The maximum Gasteiger partial charge on any atom is 0.233 e. The molecule has 0 aliphatic heterocycles. The lowest BCUT2D eigenvalue weighted by Gasteiger charge is -2.01. The standard InChI is InChI=1S/C6H14N2OS/c1-2-7-5-6(9)8-3-4-10/h7,10H,2-5H2,1H3,(H,8,9). The number of carbonyl (C=O) groups is 1. The zero-order valence-corrected chi connectivity index (χ0v) is 7.08. The van der Waals surface area contributed by atoms with E-state index >= 15 is 0 Å². The Bertz CT molecular complexity index is 87.7. The molecule has 3 nitrogen and oxygen atoms in total. The fourth-order valence-corrected chi connectivity index (χ4v) is 0.608. The van der Waals surface area contributed by atoms with Crippen LogP contribution in [0.25, 0.3) is 0 Å². The quantitative estimate of drug-likeness (QED) is 0.483. The summed E-state index contributed by atoms with van der Waals surface area (Å²) < 4.78 is 0. The molecule has 0 rings (SSSR count). The van der Waals surface area contributed by atoms with Crippen molar-refractivity contribution in [1.29, 1.82) is 0 Å². The molecule has 2 N–H and O–H groups in total. The number of carbonyl (C=O) groups excluding carboxylic acids is 1. The molecule has 0 aliphatic carbocycles. The molecule has 0 atom stereocenters. The molecule has 0 aromatic rings. The Morgan fingerprint density at radius 1 is 1.60 bits per heavy atom. The lowest BCUT2D eigenvalue weighted by Crippen LogP contribution is -2.34. The molecular weight excluding hydrogens is 148 g/mol. The Balaban J connectivity index is 3.09. The molecule has 0 saturated carbocycles. The third-order valence-corrected chi connectivity index (χ3v) is 1.19. The molecule has 0 saturated heterocycles. The lowest BCUT2D eigenvalue weighted by atomic mass is 10.5. The van der Waals surface area contributed by atoms with Crippen LogP contribution in [-0.2, 0) is 4.79 Å². The molecule has 0 spiro atoms. The van der Waals surface area contributed by atoms with Crippen molar-refractivity contribution in [3.63, 3.8) is 0 Å². The van der Waals surface area contributed by atoms with Gasteiger partial charge < -0.3 is 10.6 Å². The summed E-state index contributed by atoms with van der Waals surface area (Å²) in [6.07, 6.45) is 0. The van der Waals surface area contributed by atoms with E-state index in [2.05, 4.69) is 23.3 Å². The summed E-state index contributed by atoms with van der Waals surface area (Å²) in [5.74, 6) is 0.730. The van der Waals surface area contributed by atoms with Crippen LogP contribution < -0.4 is 10.6 Å². The SMILES string of the molecule is CCNCC(=O)NCCS. The number of nitrogens with one attached hydrogen (secondary N) is 2. The second kappa shape index (κ2) is 6.89. The molecule has 1 amide bonds. The van der Waals surface area contributed by atoms with E-state index in [4.69, 9.17) is 0 Å². The van der Waals surface area contributed by atoms with Crippen LogP contribution >= 0.6 is 12.6 Å². The summed E-state index contributed by atoms with van der Waals surface area (Å²) in [5.41, 5.74) is 0. The van der Waals surface area contributed by atoms with Gasteiger partial charge >= 0.3 is 0 Å². The van der Waals surface area contributed by atoms with Crippen LogP contribution in [0.15, 0.2) is 0 Å². The summed E-state index contributed by atoms with van der Waals surface area (Å²) in [5, 5.41) is 5.61. The van der Waals surface area contributed by atoms with Gasteiger partial charge in [0, 0.05) is 12.3 Å². The average Bonchev–Trinajstić information content (AvgIpc) is 1.97. The summed E-state index contributed by atoms with van der Waals surface area (Å²) >= 11 is 3.95. The van der Waals surface area contributed by atoms with Gasteiger partial charge in [-0.2, -0.15) is 12.6 Å². The van der Waals surface area contributed by atoms with Gasteiger partial charge in [-0.3, -0.25) is 4.79 Å². The van der Waals surface area contributed by atoms with Crippen LogP contribution in [0, 0.1) is 0 Å². The maximum atomic E-state index is 10.8. The Labute approximate surface area is 67.0 Å². The lowest BCUT2D eigenvalue weighted by molar-refractivity contribution is -0.120. The predicted octanol–water partition coefficient (Wildman–Crippen LogP) is -0.358. The fourth-order valence-electron chi connectivity index (χ4n) is 0.496. The van der Waals surface area contributed by atoms with Gasteiger partial charge in [-0.1, -0.05) is 6.92 Å². The second-order valence-corrected chi connectivity index (χ2v) is 2.30. The van der Waals surface area contributed by atoms with Crippen LogP contribution in [0.5, 0.6) is 0 Å². The highest BCUT2D eigenvalue weighted by molar-refractivity contribution is 7.80. The Morgan fingerprint density at radius 2 is 2.30 bits per heavy atom. The van der Waals surface area contributed by atoms with Gasteiger partial charge in [0.25, 0.3) is 0 Å². The minimum absolute atomic E-state index is 0.0379. The molecule has 0 aromatic carbocycles. The van der Waals surface area contributed by atoms with Crippen LogP contribution in [-0.4, -0.2) is 31.3 Å². The minimum Gasteiger partial charge on any atom is -0.354 e. The number of rotatable bonds is 5. The number of likely N-dealkylation sites (N-methyl/N-ethyl adjacent to an activating group) is 1. The van der Waals surface area contributed by atoms with E-state index in [1.54, 1.807) is 0 Å². The molecule has 10 heavy (non-hydrogen) atoms. The van der Waals surface area contributed by atoms with Crippen molar-refractivity contribution in [1.82, 2.24) is 10.6 Å². The first kappa shape index (κ1) is 9.78. The van der Waals surface area contributed by atoms with Crippen molar-refractivity contribution in [2.45, 2.75) is 6.92 Å². The summed E-state index contributed by atoms with van der Waals surface area (Å²) in [4.78, 5) is 10.8.